The predicted octanol–water partition coefficient (Wildman–Crippen LogP) is 3.76. The fourth-order valence-electron chi connectivity index (χ4n) is 5.03. The van der Waals surface area contributed by atoms with Gasteiger partial charge in [-0.2, -0.15) is 0 Å². The first kappa shape index (κ1) is 28.0. The quantitative estimate of drug-likeness (QED) is 0.524. The molecule has 1 atom stereocenters. The number of hydrogen-bond donors (Lipinski definition) is 2. The predicted molar refractivity (Wildman–Crippen MR) is 149 cm³/mol. The summed E-state index contributed by atoms with van der Waals surface area (Å²) in [4.78, 5) is 44.8. The van der Waals surface area contributed by atoms with Crippen molar-refractivity contribution in [1.82, 2.24) is 20.0 Å². The van der Waals surface area contributed by atoms with Crippen molar-refractivity contribution in [3.05, 3.63) is 70.9 Å². The highest BCUT2D eigenvalue weighted by Gasteiger charge is 2.38. The monoisotopic (exact) mass is 535 g/mol. The Morgan fingerprint density at radius 2 is 1.79 bits per heavy atom. The summed E-state index contributed by atoms with van der Waals surface area (Å²) in [6, 6.07) is 13.9. The Labute approximate surface area is 229 Å². The van der Waals surface area contributed by atoms with Crippen LogP contribution in [0.2, 0.25) is 0 Å². The Balaban J connectivity index is 1.55. The van der Waals surface area contributed by atoms with Crippen LogP contribution in [0.25, 0.3) is 0 Å². The van der Waals surface area contributed by atoms with E-state index in [1.807, 2.05) is 43.3 Å². The molecule has 1 fully saturated rings. The summed E-state index contributed by atoms with van der Waals surface area (Å²) in [5.74, 6) is 0.155. The molecule has 208 valence electrons. The molecule has 0 saturated carbocycles. The van der Waals surface area contributed by atoms with E-state index in [0.717, 1.165) is 17.5 Å². The molecule has 2 aliphatic rings. The van der Waals surface area contributed by atoms with Crippen molar-refractivity contribution >= 4 is 23.7 Å². The van der Waals surface area contributed by atoms with Crippen LogP contribution in [0.3, 0.4) is 0 Å². The third-order valence-corrected chi connectivity index (χ3v) is 7.17. The van der Waals surface area contributed by atoms with Crippen molar-refractivity contribution in [2.45, 2.75) is 26.3 Å². The van der Waals surface area contributed by atoms with E-state index in [4.69, 9.17) is 9.47 Å². The normalized spacial score (nSPS) is 18.4. The molecule has 2 N–H and O–H groups in total. The zero-order chi connectivity index (χ0) is 27.9. The number of nitrogens with one attached hydrogen (secondary N) is 2. The summed E-state index contributed by atoms with van der Waals surface area (Å²) in [5, 5.41) is 5.93. The third-order valence-electron chi connectivity index (χ3n) is 7.17. The molecule has 1 unspecified atom stereocenters. The smallest absolute Gasteiger partial charge is 0.338 e. The van der Waals surface area contributed by atoms with Crippen molar-refractivity contribution < 1.29 is 23.9 Å². The van der Waals surface area contributed by atoms with E-state index in [9.17, 15) is 14.4 Å². The lowest BCUT2D eigenvalue weighted by molar-refractivity contribution is -0.139. The number of hydrogen-bond acceptors (Lipinski definition) is 6. The average Bonchev–Trinajstić information content (AvgIpc) is 3.17. The number of carbonyl (C=O) groups excluding carboxylic acids is 3. The lowest BCUT2D eigenvalue weighted by atomic mass is 9.91. The highest BCUT2D eigenvalue weighted by Crippen LogP contribution is 2.33. The van der Waals surface area contributed by atoms with E-state index in [1.165, 1.54) is 4.90 Å². The van der Waals surface area contributed by atoms with Crippen LogP contribution in [-0.4, -0.2) is 86.2 Å². The third kappa shape index (κ3) is 6.34. The van der Waals surface area contributed by atoms with Gasteiger partial charge in [-0.15, -0.1) is 0 Å². The fourth-order valence-corrected chi connectivity index (χ4v) is 5.03. The number of aryl methyl sites for hydroxylation is 1. The molecule has 2 aliphatic heterocycles. The van der Waals surface area contributed by atoms with Gasteiger partial charge in [0.05, 0.1) is 31.0 Å². The molecule has 0 aromatic heterocycles. The van der Waals surface area contributed by atoms with Gasteiger partial charge in [-0.25, -0.2) is 14.4 Å². The van der Waals surface area contributed by atoms with Crippen LogP contribution in [0.4, 0.5) is 15.3 Å². The number of benzene rings is 2. The van der Waals surface area contributed by atoms with Gasteiger partial charge in [-0.3, -0.25) is 9.80 Å². The first-order valence-corrected chi connectivity index (χ1v) is 13.2. The maximum absolute atomic E-state index is 13.3. The first-order chi connectivity index (χ1) is 18.8. The Kier molecular flexibility index (Phi) is 9.08. The summed E-state index contributed by atoms with van der Waals surface area (Å²) < 4.78 is 10.8. The first-order valence-electron chi connectivity index (χ1n) is 13.2. The summed E-state index contributed by atoms with van der Waals surface area (Å²) in [6.07, 6.45) is 0.749. The Bertz CT molecular complexity index is 1250. The maximum atomic E-state index is 13.3. The summed E-state index contributed by atoms with van der Waals surface area (Å²) in [6.45, 7) is 6.72. The van der Waals surface area contributed by atoms with Crippen LogP contribution in [0, 0.1) is 6.92 Å². The Morgan fingerprint density at radius 3 is 2.54 bits per heavy atom. The summed E-state index contributed by atoms with van der Waals surface area (Å²) >= 11 is 0. The second kappa shape index (κ2) is 12.7. The molecule has 2 heterocycles. The molecule has 10 heteroatoms. The van der Waals surface area contributed by atoms with Crippen molar-refractivity contribution in [1.29, 1.82) is 0 Å². The lowest BCUT2D eigenvalue weighted by Gasteiger charge is -2.37. The second-order valence-corrected chi connectivity index (χ2v) is 9.63. The number of anilines is 1. The van der Waals surface area contributed by atoms with E-state index in [2.05, 4.69) is 15.5 Å². The molecule has 0 bridgehead atoms. The number of para-hydroxylation sites is 2. The number of likely N-dealkylation sites (N-methyl/N-ethyl adjacent to an activating group) is 1. The number of ether oxygens (including phenoxy) is 2. The van der Waals surface area contributed by atoms with Crippen LogP contribution < -0.4 is 15.4 Å². The van der Waals surface area contributed by atoms with E-state index in [1.54, 1.807) is 38.1 Å². The molecule has 2 aromatic carbocycles. The van der Waals surface area contributed by atoms with Crippen molar-refractivity contribution in [3.8, 4) is 5.75 Å². The molecule has 0 aliphatic carbocycles. The summed E-state index contributed by atoms with van der Waals surface area (Å²) in [5.41, 5.74) is 3.49. The number of nitrogens with zero attached hydrogens (tertiary/aromatic N) is 3. The number of amides is 4. The van der Waals surface area contributed by atoms with Crippen molar-refractivity contribution in [2.75, 3.05) is 58.8 Å². The molecular weight excluding hydrogens is 498 g/mol. The van der Waals surface area contributed by atoms with Gasteiger partial charge in [0.15, 0.2) is 0 Å². The van der Waals surface area contributed by atoms with Gasteiger partial charge in [-0.05, 0) is 43.5 Å². The van der Waals surface area contributed by atoms with Gasteiger partial charge in [0.2, 0.25) is 0 Å². The Morgan fingerprint density at radius 1 is 1.05 bits per heavy atom. The summed E-state index contributed by atoms with van der Waals surface area (Å²) in [7, 11) is 3.24. The molecule has 39 heavy (non-hydrogen) atoms. The highest BCUT2D eigenvalue weighted by molar-refractivity contribution is 5.95. The topological polar surface area (TPSA) is 103 Å². The fraction of sp³-hybridized carbons (Fsp3) is 0.414. The van der Waals surface area contributed by atoms with Crippen LogP contribution >= 0.6 is 0 Å². The van der Waals surface area contributed by atoms with Crippen LogP contribution in [0.15, 0.2) is 59.8 Å². The van der Waals surface area contributed by atoms with Gasteiger partial charge >= 0.3 is 18.0 Å². The van der Waals surface area contributed by atoms with Gasteiger partial charge in [-0.1, -0.05) is 36.4 Å². The number of esters is 1. The molecule has 0 spiro atoms. The second-order valence-electron chi connectivity index (χ2n) is 9.63. The largest absolute Gasteiger partial charge is 0.495 e. The van der Waals surface area contributed by atoms with Gasteiger partial charge in [0.25, 0.3) is 0 Å². The van der Waals surface area contributed by atoms with Crippen molar-refractivity contribution in [2.24, 2.45) is 0 Å². The average molecular weight is 536 g/mol. The van der Waals surface area contributed by atoms with E-state index in [-0.39, 0.29) is 18.7 Å². The minimum Gasteiger partial charge on any atom is -0.495 e. The van der Waals surface area contributed by atoms with E-state index >= 15 is 0 Å². The van der Waals surface area contributed by atoms with E-state index in [0.29, 0.717) is 55.4 Å². The van der Waals surface area contributed by atoms with Crippen LogP contribution in [0.5, 0.6) is 5.75 Å². The van der Waals surface area contributed by atoms with Crippen molar-refractivity contribution in [3.63, 3.8) is 0 Å². The van der Waals surface area contributed by atoms with Crippen LogP contribution in [-0.2, 0) is 9.53 Å². The number of methoxy groups -OCH3 is 1. The number of urea groups is 2. The Hall–Kier alpha value is -4.05. The van der Waals surface area contributed by atoms with E-state index < -0.39 is 12.0 Å². The molecular formula is C29H37N5O5. The van der Waals surface area contributed by atoms with Gasteiger partial charge in [0, 0.05) is 45.5 Å². The molecule has 4 amide bonds. The molecule has 4 rings (SSSR count). The van der Waals surface area contributed by atoms with Gasteiger partial charge in [0.1, 0.15) is 5.75 Å². The lowest BCUT2D eigenvalue weighted by Crippen LogP contribution is -2.49. The number of rotatable bonds is 7. The minimum absolute atomic E-state index is 0.193. The molecule has 1 saturated heterocycles. The highest BCUT2D eigenvalue weighted by atomic mass is 16.5. The zero-order valence-electron chi connectivity index (χ0n) is 23.0. The molecule has 2 aromatic rings. The van der Waals surface area contributed by atoms with Gasteiger partial charge < -0.3 is 25.0 Å². The minimum atomic E-state index is -0.612. The van der Waals surface area contributed by atoms with Crippen LogP contribution in [0.1, 0.15) is 30.5 Å². The number of carbonyl (C=O) groups is 3. The molecule has 10 nitrogen and oxygen atoms in total. The zero-order valence-corrected chi connectivity index (χ0v) is 23.0. The maximum Gasteiger partial charge on any atom is 0.338 e. The standard InChI is InChI=1S/C29H37N5O5/c1-5-39-27(35)25-23(32(3)28(36)31-26(25)21-12-7-6-11-20(21)2)19-33-15-10-16-34(18-17-33)29(37)30-22-13-8-9-14-24(22)38-4/h6-9,11-14,26H,5,10,15-19H2,1-4H3,(H,30,37)(H,31,36). The molecule has 0 radical (unpaired) electrons. The SMILES string of the molecule is CCOC(=O)C1=C(CN2CCCN(C(=O)Nc3ccccc3OC)CC2)N(C)C(=O)NC1c1ccccc1C.